The Bertz CT molecular complexity index is 474. The number of para-hydroxylation sites is 1. The third-order valence-electron chi connectivity index (χ3n) is 2.35. The van der Waals surface area contributed by atoms with Gasteiger partial charge in [-0.3, -0.25) is 4.79 Å². The number of benzene rings is 1. The molecular formula is C13H13NO3. The van der Waals surface area contributed by atoms with E-state index in [9.17, 15) is 9.59 Å². The Morgan fingerprint density at radius 1 is 1.41 bits per heavy atom. The van der Waals surface area contributed by atoms with Crippen LogP contribution in [0.2, 0.25) is 0 Å². The number of carbonyl (C=O) groups excluding carboxylic acids is 1. The number of anilines is 1. The standard InChI is InChI=1S/C13H13NO3/c1-3-4-9-12(15)14(2)11-8-6-5-7-10(11)13(16)17/h1,5-8H,4,9H2,2H3,(H,16,17). The van der Waals surface area contributed by atoms with Crippen molar-refractivity contribution in [2.75, 3.05) is 11.9 Å². The molecule has 1 N–H and O–H groups in total. The molecule has 0 aliphatic rings. The monoisotopic (exact) mass is 231 g/mol. The summed E-state index contributed by atoms with van der Waals surface area (Å²) < 4.78 is 0. The molecule has 0 saturated heterocycles. The third kappa shape index (κ3) is 3.08. The third-order valence-corrected chi connectivity index (χ3v) is 2.35. The second kappa shape index (κ2) is 5.71. The van der Waals surface area contributed by atoms with Gasteiger partial charge in [0.25, 0.3) is 0 Å². The van der Waals surface area contributed by atoms with E-state index in [2.05, 4.69) is 5.92 Å². The number of terminal acetylenes is 1. The number of rotatable bonds is 4. The Labute approximate surface area is 99.9 Å². The van der Waals surface area contributed by atoms with Crippen LogP contribution in [0.15, 0.2) is 24.3 Å². The predicted molar refractivity (Wildman–Crippen MR) is 64.9 cm³/mol. The molecule has 88 valence electrons. The van der Waals surface area contributed by atoms with E-state index in [0.717, 1.165) is 0 Å². The summed E-state index contributed by atoms with van der Waals surface area (Å²) in [6.45, 7) is 0. The fourth-order valence-electron chi connectivity index (χ4n) is 1.43. The summed E-state index contributed by atoms with van der Waals surface area (Å²) in [7, 11) is 1.54. The molecule has 0 bridgehead atoms. The van der Waals surface area contributed by atoms with Gasteiger partial charge in [-0.15, -0.1) is 12.3 Å². The average molecular weight is 231 g/mol. The maximum atomic E-state index is 11.7. The zero-order chi connectivity index (χ0) is 12.8. The quantitative estimate of drug-likeness (QED) is 0.803. The molecule has 1 amide bonds. The van der Waals surface area contributed by atoms with Crippen LogP contribution in [0, 0.1) is 12.3 Å². The second-order valence-electron chi connectivity index (χ2n) is 3.48. The first-order valence-corrected chi connectivity index (χ1v) is 5.10. The molecule has 0 saturated carbocycles. The first-order chi connectivity index (χ1) is 8.07. The molecule has 4 nitrogen and oxygen atoms in total. The van der Waals surface area contributed by atoms with Crippen molar-refractivity contribution in [3.05, 3.63) is 29.8 Å². The summed E-state index contributed by atoms with van der Waals surface area (Å²) in [4.78, 5) is 24.0. The van der Waals surface area contributed by atoms with E-state index in [-0.39, 0.29) is 17.9 Å². The van der Waals surface area contributed by atoms with Crippen molar-refractivity contribution < 1.29 is 14.7 Å². The number of hydrogen-bond donors (Lipinski definition) is 1. The van der Waals surface area contributed by atoms with Crippen molar-refractivity contribution in [1.29, 1.82) is 0 Å². The molecule has 0 unspecified atom stereocenters. The van der Waals surface area contributed by atoms with E-state index in [1.165, 1.54) is 11.0 Å². The Balaban J connectivity index is 2.96. The highest BCUT2D eigenvalue weighted by Crippen LogP contribution is 2.19. The summed E-state index contributed by atoms with van der Waals surface area (Å²) >= 11 is 0. The molecule has 0 atom stereocenters. The Kier molecular flexibility index (Phi) is 4.29. The SMILES string of the molecule is C#CCCC(=O)N(C)c1ccccc1C(=O)O. The van der Waals surface area contributed by atoms with Crippen LogP contribution in [-0.4, -0.2) is 24.0 Å². The van der Waals surface area contributed by atoms with Gasteiger partial charge in [-0.1, -0.05) is 12.1 Å². The molecule has 1 aromatic carbocycles. The molecule has 0 aliphatic heterocycles. The van der Waals surface area contributed by atoms with Crippen LogP contribution in [0.4, 0.5) is 5.69 Å². The molecule has 0 aliphatic carbocycles. The summed E-state index contributed by atoms with van der Waals surface area (Å²) in [6.07, 6.45) is 5.63. The van der Waals surface area contributed by atoms with Crippen LogP contribution in [-0.2, 0) is 4.79 Å². The van der Waals surface area contributed by atoms with Crippen molar-refractivity contribution in [1.82, 2.24) is 0 Å². The number of nitrogens with zero attached hydrogens (tertiary/aromatic N) is 1. The van der Waals surface area contributed by atoms with Crippen molar-refractivity contribution >= 4 is 17.6 Å². The van der Waals surface area contributed by atoms with E-state index >= 15 is 0 Å². The number of carboxylic acid groups (broad SMARTS) is 1. The predicted octanol–water partition coefficient (Wildman–Crippen LogP) is 1.76. The van der Waals surface area contributed by atoms with Gasteiger partial charge in [0, 0.05) is 19.9 Å². The minimum atomic E-state index is -1.06. The molecule has 1 rings (SSSR count). The summed E-state index contributed by atoms with van der Waals surface area (Å²) in [5.41, 5.74) is 0.478. The van der Waals surface area contributed by atoms with Gasteiger partial charge in [-0.25, -0.2) is 4.79 Å². The molecule has 0 radical (unpaired) electrons. The van der Waals surface area contributed by atoms with Crippen molar-refractivity contribution in [3.8, 4) is 12.3 Å². The highest BCUT2D eigenvalue weighted by atomic mass is 16.4. The Morgan fingerprint density at radius 2 is 2.06 bits per heavy atom. The van der Waals surface area contributed by atoms with Gasteiger partial charge in [0.05, 0.1) is 11.3 Å². The lowest BCUT2D eigenvalue weighted by Crippen LogP contribution is -2.27. The fourth-order valence-corrected chi connectivity index (χ4v) is 1.43. The number of hydrogen-bond acceptors (Lipinski definition) is 2. The maximum Gasteiger partial charge on any atom is 0.337 e. The summed E-state index contributed by atoms with van der Waals surface area (Å²) in [6, 6.07) is 6.36. The summed E-state index contributed by atoms with van der Waals surface area (Å²) in [5, 5.41) is 9.00. The highest BCUT2D eigenvalue weighted by Gasteiger charge is 2.16. The van der Waals surface area contributed by atoms with E-state index in [1.54, 1.807) is 25.2 Å². The molecule has 17 heavy (non-hydrogen) atoms. The first kappa shape index (κ1) is 12.8. The molecule has 0 aromatic heterocycles. The summed E-state index contributed by atoms with van der Waals surface area (Å²) in [5.74, 6) is 1.12. The zero-order valence-corrected chi connectivity index (χ0v) is 9.51. The Hall–Kier alpha value is -2.28. The fraction of sp³-hybridized carbons (Fsp3) is 0.231. The lowest BCUT2D eigenvalue weighted by Gasteiger charge is -2.18. The van der Waals surface area contributed by atoms with Crippen molar-refractivity contribution in [3.63, 3.8) is 0 Å². The molecule has 0 spiro atoms. The maximum absolute atomic E-state index is 11.7. The molecular weight excluding hydrogens is 218 g/mol. The van der Waals surface area contributed by atoms with Gasteiger partial charge in [-0.2, -0.15) is 0 Å². The van der Waals surface area contributed by atoms with E-state index in [0.29, 0.717) is 12.1 Å². The lowest BCUT2D eigenvalue weighted by molar-refractivity contribution is -0.118. The van der Waals surface area contributed by atoms with Gasteiger partial charge in [0.15, 0.2) is 0 Å². The number of carbonyl (C=O) groups is 2. The minimum Gasteiger partial charge on any atom is -0.478 e. The van der Waals surface area contributed by atoms with Crippen LogP contribution >= 0.6 is 0 Å². The van der Waals surface area contributed by atoms with Crippen LogP contribution < -0.4 is 4.90 Å². The van der Waals surface area contributed by atoms with Gasteiger partial charge in [0.2, 0.25) is 5.91 Å². The molecule has 0 heterocycles. The average Bonchev–Trinajstić information content (AvgIpc) is 2.34. The van der Waals surface area contributed by atoms with Crippen LogP contribution in [0.1, 0.15) is 23.2 Å². The number of aromatic carboxylic acids is 1. The number of carboxylic acids is 1. The van der Waals surface area contributed by atoms with Gasteiger partial charge in [-0.05, 0) is 12.1 Å². The van der Waals surface area contributed by atoms with Crippen molar-refractivity contribution in [2.45, 2.75) is 12.8 Å². The van der Waals surface area contributed by atoms with Crippen LogP contribution in [0.25, 0.3) is 0 Å². The van der Waals surface area contributed by atoms with E-state index < -0.39 is 5.97 Å². The lowest BCUT2D eigenvalue weighted by atomic mass is 10.1. The zero-order valence-electron chi connectivity index (χ0n) is 9.51. The largest absolute Gasteiger partial charge is 0.478 e. The van der Waals surface area contributed by atoms with Gasteiger partial charge in [0.1, 0.15) is 0 Å². The smallest absolute Gasteiger partial charge is 0.337 e. The normalized spacial score (nSPS) is 9.41. The number of amides is 1. The highest BCUT2D eigenvalue weighted by molar-refractivity contribution is 6.01. The topological polar surface area (TPSA) is 57.6 Å². The molecule has 4 heteroatoms. The molecule has 1 aromatic rings. The van der Waals surface area contributed by atoms with E-state index in [1.807, 2.05) is 0 Å². The Morgan fingerprint density at radius 3 is 2.65 bits per heavy atom. The second-order valence-corrected chi connectivity index (χ2v) is 3.48. The van der Waals surface area contributed by atoms with Crippen LogP contribution in [0.3, 0.4) is 0 Å². The first-order valence-electron chi connectivity index (χ1n) is 5.10. The van der Waals surface area contributed by atoms with Gasteiger partial charge < -0.3 is 10.0 Å². The minimum absolute atomic E-state index is 0.101. The van der Waals surface area contributed by atoms with E-state index in [4.69, 9.17) is 11.5 Å². The van der Waals surface area contributed by atoms with Crippen LogP contribution in [0.5, 0.6) is 0 Å². The molecule has 0 fully saturated rings. The van der Waals surface area contributed by atoms with Gasteiger partial charge >= 0.3 is 5.97 Å². The van der Waals surface area contributed by atoms with Crippen molar-refractivity contribution in [2.24, 2.45) is 0 Å².